The predicted octanol–water partition coefficient (Wildman–Crippen LogP) is 5.00. The van der Waals surface area contributed by atoms with Gasteiger partial charge in [0.15, 0.2) is 0 Å². The van der Waals surface area contributed by atoms with Crippen molar-refractivity contribution >= 4 is 38.9 Å². The minimum atomic E-state index is -0.827. The highest BCUT2D eigenvalue weighted by Gasteiger charge is 2.18. The SMILES string of the molecule is Cc1cc(C(O)c2cc(C)c(Br)s2)c(Cl)cc1F. The first-order valence-electron chi connectivity index (χ1n) is 5.29. The van der Waals surface area contributed by atoms with E-state index in [9.17, 15) is 9.50 Å². The number of thiophene rings is 1. The molecule has 0 saturated carbocycles. The standard InChI is InChI=1S/C13H11BrClFOS/c1-6-3-8(9(15)5-10(6)16)12(17)11-4-7(2)13(14)18-11/h3-5,12,17H,1-2H3. The molecule has 2 rings (SSSR count). The van der Waals surface area contributed by atoms with Gasteiger partial charge < -0.3 is 5.11 Å². The third-order valence-corrected chi connectivity index (χ3v) is 5.23. The van der Waals surface area contributed by atoms with Crippen LogP contribution in [0.25, 0.3) is 0 Å². The molecule has 1 nitrogen and oxygen atoms in total. The van der Waals surface area contributed by atoms with E-state index in [1.165, 1.54) is 17.4 Å². The summed E-state index contributed by atoms with van der Waals surface area (Å²) in [6.45, 7) is 3.60. The van der Waals surface area contributed by atoms with Crippen LogP contribution in [0, 0.1) is 19.7 Å². The average Bonchev–Trinajstić information content (AvgIpc) is 2.63. The van der Waals surface area contributed by atoms with Crippen LogP contribution in [0.15, 0.2) is 22.0 Å². The van der Waals surface area contributed by atoms with Crippen LogP contribution in [0.3, 0.4) is 0 Å². The molecule has 0 amide bonds. The van der Waals surface area contributed by atoms with Crippen LogP contribution in [0.4, 0.5) is 4.39 Å². The molecule has 1 aromatic carbocycles. The lowest BCUT2D eigenvalue weighted by Gasteiger charge is -2.12. The molecule has 2 aromatic rings. The normalized spacial score (nSPS) is 12.8. The molecule has 0 fully saturated rings. The molecular weight excluding hydrogens is 339 g/mol. The maximum Gasteiger partial charge on any atom is 0.127 e. The summed E-state index contributed by atoms with van der Waals surface area (Å²) < 4.78 is 14.3. The Morgan fingerprint density at radius 1 is 1.28 bits per heavy atom. The second-order valence-electron chi connectivity index (χ2n) is 4.13. The van der Waals surface area contributed by atoms with E-state index >= 15 is 0 Å². The molecule has 96 valence electrons. The summed E-state index contributed by atoms with van der Waals surface area (Å²) in [5.74, 6) is -0.362. The quantitative estimate of drug-likeness (QED) is 0.809. The Hall–Kier alpha value is -0.420. The lowest BCUT2D eigenvalue weighted by molar-refractivity contribution is 0.224. The zero-order valence-electron chi connectivity index (χ0n) is 9.80. The molecule has 0 aliphatic heterocycles. The first-order valence-corrected chi connectivity index (χ1v) is 7.28. The monoisotopic (exact) mass is 348 g/mol. The van der Waals surface area contributed by atoms with Gasteiger partial charge in [0.05, 0.1) is 3.79 Å². The van der Waals surface area contributed by atoms with Crippen molar-refractivity contribution in [1.82, 2.24) is 0 Å². The lowest BCUT2D eigenvalue weighted by Crippen LogP contribution is -2.00. The first-order chi connectivity index (χ1) is 8.40. The van der Waals surface area contributed by atoms with Crippen LogP contribution in [0.1, 0.15) is 27.7 Å². The molecule has 0 aliphatic rings. The fourth-order valence-corrected chi connectivity index (χ4v) is 3.49. The molecule has 0 spiro atoms. The number of aliphatic hydroxyl groups is 1. The number of benzene rings is 1. The number of hydrogen-bond donors (Lipinski definition) is 1. The Labute approximate surface area is 122 Å². The highest BCUT2D eigenvalue weighted by atomic mass is 79.9. The van der Waals surface area contributed by atoms with Gasteiger partial charge in [0.25, 0.3) is 0 Å². The van der Waals surface area contributed by atoms with Gasteiger partial charge in [0, 0.05) is 15.5 Å². The van der Waals surface area contributed by atoms with Crippen molar-refractivity contribution in [3.63, 3.8) is 0 Å². The average molecular weight is 350 g/mol. The fraction of sp³-hybridized carbons (Fsp3) is 0.231. The van der Waals surface area contributed by atoms with E-state index in [1.54, 1.807) is 13.0 Å². The van der Waals surface area contributed by atoms with E-state index in [0.29, 0.717) is 11.1 Å². The number of hydrogen-bond acceptors (Lipinski definition) is 2. The van der Waals surface area contributed by atoms with E-state index in [2.05, 4.69) is 15.9 Å². The Morgan fingerprint density at radius 2 is 1.94 bits per heavy atom. The minimum absolute atomic E-state index is 0.243. The highest BCUT2D eigenvalue weighted by Crippen LogP contribution is 2.37. The summed E-state index contributed by atoms with van der Waals surface area (Å²) >= 11 is 10.9. The van der Waals surface area contributed by atoms with Gasteiger partial charge in [-0.25, -0.2) is 4.39 Å². The molecule has 1 N–H and O–H groups in total. The minimum Gasteiger partial charge on any atom is -0.383 e. The summed E-state index contributed by atoms with van der Waals surface area (Å²) in [5.41, 5.74) is 2.06. The summed E-state index contributed by atoms with van der Waals surface area (Å²) in [4.78, 5) is 0.785. The molecule has 0 radical (unpaired) electrons. The van der Waals surface area contributed by atoms with Crippen LogP contribution in [0.2, 0.25) is 5.02 Å². The van der Waals surface area contributed by atoms with Gasteiger partial charge in [0.1, 0.15) is 11.9 Å². The van der Waals surface area contributed by atoms with Gasteiger partial charge in [-0.15, -0.1) is 11.3 Å². The fourth-order valence-electron chi connectivity index (χ4n) is 1.66. The van der Waals surface area contributed by atoms with Crippen LogP contribution in [-0.4, -0.2) is 5.11 Å². The van der Waals surface area contributed by atoms with Crippen molar-refractivity contribution in [3.05, 3.63) is 54.4 Å². The molecule has 18 heavy (non-hydrogen) atoms. The van der Waals surface area contributed by atoms with Gasteiger partial charge in [-0.1, -0.05) is 11.6 Å². The summed E-state index contributed by atoms with van der Waals surface area (Å²) in [6.07, 6.45) is -0.827. The van der Waals surface area contributed by atoms with Crippen molar-refractivity contribution in [3.8, 4) is 0 Å². The van der Waals surface area contributed by atoms with Crippen LogP contribution in [-0.2, 0) is 0 Å². The second kappa shape index (κ2) is 5.29. The van der Waals surface area contributed by atoms with Crippen LogP contribution < -0.4 is 0 Å². The van der Waals surface area contributed by atoms with E-state index < -0.39 is 6.10 Å². The van der Waals surface area contributed by atoms with Crippen molar-refractivity contribution < 1.29 is 9.50 Å². The van der Waals surface area contributed by atoms with Crippen molar-refractivity contribution in [2.75, 3.05) is 0 Å². The zero-order chi connectivity index (χ0) is 13.4. The highest BCUT2D eigenvalue weighted by molar-refractivity contribution is 9.11. The molecule has 1 atom stereocenters. The van der Waals surface area contributed by atoms with Gasteiger partial charge in [-0.05, 0) is 59.1 Å². The van der Waals surface area contributed by atoms with Crippen LogP contribution in [0.5, 0.6) is 0 Å². The zero-order valence-corrected chi connectivity index (χ0v) is 13.0. The summed E-state index contributed by atoms with van der Waals surface area (Å²) in [5, 5.41) is 10.6. The topological polar surface area (TPSA) is 20.2 Å². The Kier molecular flexibility index (Phi) is 4.11. The maximum atomic E-state index is 13.3. The molecule has 1 unspecified atom stereocenters. The third-order valence-electron chi connectivity index (χ3n) is 2.72. The molecule has 5 heteroatoms. The number of aryl methyl sites for hydroxylation is 2. The van der Waals surface area contributed by atoms with E-state index in [4.69, 9.17) is 11.6 Å². The first kappa shape index (κ1) is 14.0. The molecule has 0 aliphatic carbocycles. The molecule has 0 saturated heterocycles. The van der Waals surface area contributed by atoms with E-state index in [-0.39, 0.29) is 10.8 Å². The van der Waals surface area contributed by atoms with Crippen molar-refractivity contribution in [2.24, 2.45) is 0 Å². The predicted molar refractivity (Wildman–Crippen MR) is 77.0 cm³/mol. The molecule has 1 aromatic heterocycles. The number of rotatable bonds is 2. The van der Waals surface area contributed by atoms with E-state index in [0.717, 1.165) is 14.2 Å². The third kappa shape index (κ3) is 2.62. The Bertz CT molecular complexity index is 577. The summed E-state index contributed by atoms with van der Waals surface area (Å²) in [7, 11) is 0. The number of halogens is 3. The Balaban J connectivity index is 2.45. The Morgan fingerprint density at radius 3 is 2.50 bits per heavy atom. The van der Waals surface area contributed by atoms with Crippen molar-refractivity contribution in [2.45, 2.75) is 20.0 Å². The van der Waals surface area contributed by atoms with Gasteiger partial charge in [-0.3, -0.25) is 0 Å². The van der Waals surface area contributed by atoms with Crippen LogP contribution >= 0.6 is 38.9 Å². The molecule has 0 bridgehead atoms. The number of aliphatic hydroxyl groups excluding tert-OH is 1. The maximum absolute atomic E-state index is 13.3. The largest absolute Gasteiger partial charge is 0.383 e. The smallest absolute Gasteiger partial charge is 0.127 e. The van der Waals surface area contributed by atoms with Crippen molar-refractivity contribution in [1.29, 1.82) is 0 Å². The van der Waals surface area contributed by atoms with E-state index in [1.807, 2.05) is 13.0 Å². The lowest BCUT2D eigenvalue weighted by atomic mass is 10.0. The molecular formula is C13H11BrClFOS. The second-order valence-corrected chi connectivity index (χ2v) is 6.94. The van der Waals surface area contributed by atoms with Gasteiger partial charge >= 0.3 is 0 Å². The van der Waals surface area contributed by atoms with Gasteiger partial charge in [0.2, 0.25) is 0 Å². The summed E-state index contributed by atoms with van der Waals surface area (Å²) in [6, 6.07) is 4.73. The van der Waals surface area contributed by atoms with Gasteiger partial charge in [-0.2, -0.15) is 0 Å². The molecule has 1 heterocycles.